The van der Waals surface area contributed by atoms with E-state index in [9.17, 15) is 14.4 Å². The molecule has 0 unspecified atom stereocenters. The number of rotatable bonds is 8. The predicted octanol–water partition coefficient (Wildman–Crippen LogP) is 3.39. The van der Waals surface area contributed by atoms with E-state index >= 15 is 0 Å². The molecule has 1 N–H and O–H groups in total. The zero-order valence-corrected chi connectivity index (χ0v) is 19.9. The maximum absolute atomic E-state index is 12.7. The van der Waals surface area contributed by atoms with Crippen LogP contribution in [-0.4, -0.2) is 42.6 Å². The van der Waals surface area contributed by atoms with Gasteiger partial charge < -0.3 is 24.3 Å². The summed E-state index contributed by atoms with van der Waals surface area (Å²) in [5.41, 5.74) is 1.17. The van der Waals surface area contributed by atoms with Gasteiger partial charge in [0.15, 0.2) is 16.5 Å². The van der Waals surface area contributed by atoms with Gasteiger partial charge in [-0.25, -0.2) is 9.78 Å². The molecule has 0 aliphatic rings. The molecule has 0 aliphatic carbocycles. The van der Waals surface area contributed by atoms with E-state index in [0.717, 1.165) is 0 Å². The Morgan fingerprint density at radius 3 is 2.29 bits per heavy atom. The van der Waals surface area contributed by atoms with Crippen molar-refractivity contribution in [2.24, 2.45) is 0 Å². The molecule has 2 aromatic carbocycles. The van der Waals surface area contributed by atoms with Crippen molar-refractivity contribution in [2.75, 3.05) is 26.6 Å². The van der Waals surface area contributed by atoms with Gasteiger partial charge in [0.05, 0.1) is 32.6 Å². The molecule has 0 saturated carbocycles. The number of methoxy groups -OCH3 is 3. The van der Waals surface area contributed by atoms with Crippen LogP contribution < -0.4 is 25.1 Å². The van der Waals surface area contributed by atoms with Gasteiger partial charge in [-0.15, -0.1) is 11.3 Å². The van der Waals surface area contributed by atoms with E-state index in [1.807, 2.05) is 0 Å². The Kier molecular flexibility index (Phi) is 6.97. The molecular formula is C24H21N3O7S. The summed E-state index contributed by atoms with van der Waals surface area (Å²) >= 11 is 1.31. The van der Waals surface area contributed by atoms with Gasteiger partial charge in [0, 0.05) is 28.9 Å². The quantitative estimate of drug-likeness (QED) is 0.370. The molecule has 11 heteroatoms. The van der Waals surface area contributed by atoms with Crippen LogP contribution in [0.5, 0.6) is 17.2 Å². The minimum atomic E-state index is -0.583. The number of amides is 1. The fraction of sp³-hybridized carbons (Fsp3) is 0.167. The first kappa shape index (κ1) is 23.8. The topological polar surface area (TPSA) is 117 Å². The molecule has 4 aromatic rings. The minimum absolute atomic E-state index is 0.137. The first-order chi connectivity index (χ1) is 16.9. The number of nitrogens with zero attached hydrogens (tertiary/aromatic N) is 2. The monoisotopic (exact) mass is 495 g/mol. The van der Waals surface area contributed by atoms with Gasteiger partial charge in [0.1, 0.15) is 6.61 Å². The first-order valence-electron chi connectivity index (χ1n) is 10.3. The van der Waals surface area contributed by atoms with Gasteiger partial charge in [0.25, 0.3) is 11.5 Å². The molecule has 0 spiro atoms. The Morgan fingerprint density at radius 2 is 1.66 bits per heavy atom. The van der Waals surface area contributed by atoms with E-state index < -0.39 is 11.9 Å². The van der Waals surface area contributed by atoms with Crippen molar-refractivity contribution in [2.45, 2.75) is 6.61 Å². The first-order valence-corrected chi connectivity index (χ1v) is 11.2. The van der Waals surface area contributed by atoms with Crippen LogP contribution in [0.25, 0.3) is 4.96 Å². The van der Waals surface area contributed by atoms with Gasteiger partial charge in [-0.3, -0.25) is 14.0 Å². The molecular weight excluding hydrogens is 474 g/mol. The van der Waals surface area contributed by atoms with Crippen LogP contribution >= 0.6 is 11.3 Å². The second kappa shape index (κ2) is 10.3. The summed E-state index contributed by atoms with van der Waals surface area (Å²) in [6.07, 6.45) is 1.63. The number of fused-ring (bicyclic) bond motifs is 1. The van der Waals surface area contributed by atoms with E-state index in [4.69, 9.17) is 18.9 Å². The van der Waals surface area contributed by atoms with E-state index in [-0.39, 0.29) is 17.7 Å². The van der Waals surface area contributed by atoms with E-state index in [2.05, 4.69) is 10.3 Å². The van der Waals surface area contributed by atoms with E-state index in [1.165, 1.54) is 67.4 Å². The lowest BCUT2D eigenvalue weighted by Gasteiger charge is -2.14. The maximum atomic E-state index is 12.7. The largest absolute Gasteiger partial charge is 0.493 e. The second-order valence-electron chi connectivity index (χ2n) is 7.16. The van der Waals surface area contributed by atoms with Crippen LogP contribution in [0.15, 0.2) is 58.8 Å². The number of nitrogens with one attached hydrogen (secondary N) is 1. The molecule has 35 heavy (non-hydrogen) atoms. The molecule has 10 nitrogen and oxygen atoms in total. The molecule has 1 amide bonds. The molecule has 0 fully saturated rings. The third kappa shape index (κ3) is 5.09. The number of carbonyl (C=O) groups excluding carboxylic acids is 2. The summed E-state index contributed by atoms with van der Waals surface area (Å²) in [4.78, 5) is 42.0. The average molecular weight is 496 g/mol. The summed E-state index contributed by atoms with van der Waals surface area (Å²) in [6.45, 7) is -0.137. The van der Waals surface area contributed by atoms with E-state index in [1.54, 1.807) is 23.7 Å². The van der Waals surface area contributed by atoms with Crippen LogP contribution in [0.3, 0.4) is 0 Å². The number of esters is 1. The molecule has 0 bridgehead atoms. The third-order valence-corrected chi connectivity index (χ3v) is 5.77. The Labute approximate surface area is 203 Å². The number of anilines is 1. The summed E-state index contributed by atoms with van der Waals surface area (Å²) in [5, 5.41) is 4.51. The second-order valence-corrected chi connectivity index (χ2v) is 8.04. The highest BCUT2D eigenvalue weighted by molar-refractivity contribution is 7.15. The van der Waals surface area contributed by atoms with Crippen molar-refractivity contribution in [3.05, 3.63) is 81.2 Å². The number of hydrogen-bond acceptors (Lipinski definition) is 9. The van der Waals surface area contributed by atoms with Crippen molar-refractivity contribution in [1.82, 2.24) is 9.38 Å². The number of aromatic nitrogens is 2. The Bertz CT molecular complexity index is 1420. The highest BCUT2D eigenvalue weighted by Gasteiger charge is 2.17. The van der Waals surface area contributed by atoms with Crippen molar-refractivity contribution >= 4 is 33.9 Å². The normalized spacial score (nSPS) is 10.6. The Morgan fingerprint density at radius 1 is 0.971 bits per heavy atom. The number of benzene rings is 2. The summed E-state index contributed by atoms with van der Waals surface area (Å²) < 4.78 is 22.5. The average Bonchev–Trinajstić information content (AvgIpc) is 3.36. The number of thiazole rings is 1. The fourth-order valence-electron chi connectivity index (χ4n) is 3.29. The lowest BCUT2D eigenvalue weighted by molar-refractivity contribution is 0.0467. The summed E-state index contributed by atoms with van der Waals surface area (Å²) in [5.74, 6) is 0.0998. The zero-order chi connectivity index (χ0) is 24.9. The molecule has 4 rings (SSSR count). The van der Waals surface area contributed by atoms with Crippen LogP contribution in [0.1, 0.15) is 26.4 Å². The highest BCUT2D eigenvalue weighted by Crippen LogP contribution is 2.38. The van der Waals surface area contributed by atoms with Gasteiger partial charge in [-0.05, 0) is 36.4 Å². The van der Waals surface area contributed by atoms with Gasteiger partial charge in [0.2, 0.25) is 5.75 Å². The smallest absolute Gasteiger partial charge is 0.338 e. The van der Waals surface area contributed by atoms with Crippen molar-refractivity contribution in [3.8, 4) is 17.2 Å². The number of ether oxygens (including phenoxy) is 4. The Hall–Kier alpha value is -4.38. The van der Waals surface area contributed by atoms with Crippen LogP contribution in [-0.2, 0) is 11.3 Å². The molecule has 180 valence electrons. The lowest BCUT2D eigenvalue weighted by atomic mass is 10.1. The standard InChI is InChI=1S/C24H21N3O7S/c1-31-18-10-15(11-19(32-2)21(18)33-3)22(29)25-16-6-4-14(5-7-16)23(30)34-13-17-12-20(28)27-8-9-35-24(27)26-17/h4-12H,13H2,1-3H3,(H,25,29). The van der Waals surface area contributed by atoms with Crippen molar-refractivity contribution in [3.63, 3.8) is 0 Å². The highest BCUT2D eigenvalue weighted by atomic mass is 32.1. The summed E-state index contributed by atoms with van der Waals surface area (Å²) in [6, 6.07) is 10.6. The predicted molar refractivity (Wildman–Crippen MR) is 129 cm³/mol. The SMILES string of the molecule is COc1cc(C(=O)Nc2ccc(C(=O)OCc3cc(=O)n4ccsc4n3)cc2)cc(OC)c1OC. The molecule has 0 atom stereocenters. The van der Waals surface area contributed by atoms with Crippen molar-refractivity contribution < 1.29 is 28.5 Å². The van der Waals surface area contributed by atoms with Gasteiger partial charge >= 0.3 is 5.97 Å². The van der Waals surface area contributed by atoms with E-state index in [0.29, 0.717) is 39.2 Å². The number of carbonyl (C=O) groups is 2. The third-order valence-electron chi connectivity index (χ3n) is 5.01. The van der Waals surface area contributed by atoms with Gasteiger partial charge in [-0.1, -0.05) is 0 Å². The zero-order valence-electron chi connectivity index (χ0n) is 19.1. The molecule has 0 saturated heterocycles. The van der Waals surface area contributed by atoms with Crippen molar-refractivity contribution in [1.29, 1.82) is 0 Å². The summed E-state index contributed by atoms with van der Waals surface area (Å²) in [7, 11) is 4.41. The lowest BCUT2D eigenvalue weighted by Crippen LogP contribution is -2.15. The number of hydrogen-bond donors (Lipinski definition) is 1. The minimum Gasteiger partial charge on any atom is -0.493 e. The molecule has 2 aromatic heterocycles. The molecule has 2 heterocycles. The van der Waals surface area contributed by atoms with Crippen LogP contribution in [0.2, 0.25) is 0 Å². The Balaban J connectivity index is 1.41. The van der Waals surface area contributed by atoms with Crippen LogP contribution in [0.4, 0.5) is 5.69 Å². The van der Waals surface area contributed by atoms with Crippen LogP contribution in [0, 0.1) is 0 Å². The maximum Gasteiger partial charge on any atom is 0.338 e. The molecule has 0 aliphatic heterocycles. The molecule has 0 radical (unpaired) electrons. The fourth-order valence-corrected chi connectivity index (χ4v) is 4.03. The van der Waals surface area contributed by atoms with Gasteiger partial charge in [-0.2, -0.15) is 0 Å².